The van der Waals surface area contributed by atoms with Crippen molar-refractivity contribution in [3.05, 3.63) is 15.6 Å². The van der Waals surface area contributed by atoms with E-state index in [0.29, 0.717) is 22.1 Å². The Balaban J connectivity index is 1.96. The highest BCUT2D eigenvalue weighted by Gasteiger charge is 2.49. The molecule has 16 heavy (non-hydrogen) atoms. The first-order valence-electron chi connectivity index (χ1n) is 5.73. The third kappa shape index (κ3) is 1.56. The molecular formula is C12H15NO2S. The van der Waals surface area contributed by atoms with E-state index in [-0.39, 0.29) is 0 Å². The monoisotopic (exact) mass is 237 g/mol. The molecule has 0 bridgehead atoms. The number of aromatic carboxylic acids is 1. The van der Waals surface area contributed by atoms with Gasteiger partial charge in [0.1, 0.15) is 4.88 Å². The van der Waals surface area contributed by atoms with Crippen LogP contribution in [0.3, 0.4) is 0 Å². The molecule has 1 N–H and O–H groups in total. The fourth-order valence-corrected chi connectivity index (χ4v) is 3.48. The minimum absolute atomic E-state index is 0.328. The summed E-state index contributed by atoms with van der Waals surface area (Å²) < 4.78 is 0. The lowest BCUT2D eigenvalue weighted by Crippen LogP contribution is -1.97. The van der Waals surface area contributed by atoms with E-state index in [4.69, 9.17) is 5.11 Å². The summed E-state index contributed by atoms with van der Waals surface area (Å²) in [6.45, 7) is 4.44. The average molecular weight is 237 g/mol. The lowest BCUT2D eigenvalue weighted by atomic mass is 10.1. The zero-order valence-corrected chi connectivity index (χ0v) is 10.3. The predicted octanol–water partition coefficient (Wildman–Crippen LogP) is 3.23. The Hall–Kier alpha value is -0.900. The Morgan fingerprint density at radius 3 is 2.56 bits per heavy atom. The number of hydrogen-bond donors (Lipinski definition) is 1. The first-order chi connectivity index (χ1) is 7.49. The number of nitrogens with zero attached hydrogens (tertiary/aromatic N) is 1. The molecule has 2 fully saturated rings. The van der Waals surface area contributed by atoms with E-state index in [1.165, 1.54) is 11.3 Å². The Morgan fingerprint density at radius 1 is 1.50 bits per heavy atom. The Bertz CT molecular complexity index is 460. The second-order valence-corrected chi connectivity index (χ2v) is 6.62. The summed E-state index contributed by atoms with van der Waals surface area (Å²) in [5.41, 5.74) is 1.18. The molecule has 3 rings (SSSR count). The third-order valence-corrected chi connectivity index (χ3v) is 4.81. The molecule has 1 heterocycles. The molecule has 1 unspecified atom stereocenters. The van der Waals surface area contributed by atoms with Crippen molar-refractivity contribution in [2.24, 2.45) is 5.41 Å². The minimum Gasteiger partial charge on any atom is -0.477 e. The fraction of sp³-hybridized carbons (Fsp3) is 0.667. The normalized spacial score (nSPS) is 26.8. The van der Waals surface area contributed by atoms with Gasteiger partial charge in [-0.2, -0.15) is 0 Å². The van der Waals surface area contributed by atoms with E-state index in [0.717, 1.165) is 30.0 Å². The number of carbonyl (C=O) groups is 1. The predicted molar refractivity (Wildman–Crippen MR) is 62.2 cm³/mol. The van der Waals surface area contributed by atoms with Crippen LogP contribution < -0.4 is 0 Å². The van der Waals surface area contributed by atoms with Gasteiger partial charge in [0.05, 0.1) is 10.7 Å². The fourth-order valence-electron chi connectivity index (χ4n) is 2.17. The van der Waals surface area contributed by atoms with Gasteiger partial charge >= 0.3 is 5.97 Å². The maximum atomic E-state index is 11.1. The van der Waals surface area contributed by atoms with Crippen LogP contribution in [-0.4, -0.2) is 16.1 Å². The van der Waals surface area contributed by atoms with E-state index in [1.807, 2.05) is 0 Å². The summed E-state index contributed by atoms with van der Waals surface area (Å²) in [7, 11) is 0. The second-order valence-electron chi connectivity index (χ2n) is 5.59. The lowest BCUT2D eigenvalue weighted by molar-refractivity contribution is 0.0700. The number of hydrogen-bond acceptors (Lipinski definition) is 3. The molecule has 0 aromatic carbocycles. The number of rotatable bonds is 3. The number of carboxylic acid groups (broad SMARTS) is 1. The summed E-state index contributed by atoms with van der Waals surface area (Å²) in [5.74, 6) is 0.116. The summed E-state index contributed by atoms with van der Waals surface area (Å²) >= 11 is 1.40. The highest BCUT2D eigenvalue weighted by Crippen LogP contribution is 2.60. The van der Waals surface area contributed by atoms with Crippen molar-refractivity contribution in [3.63, 3.8) is 0 Å². The van der Waals surface area contributed by atoms with Crippen LogP contribution in [0, 0.1) is 5.41 Å². The van der Waals surface area contributed by atoms with Crippen LogP contribution in [0.25, 0.3) is 0 Å². The van der Waals surface area contributed by atoms with Crippen molar-refractivity contribution in [2.75, 3.05) is 0 Å². The Morgan fingerprint density at radius 2 is 2.12 bits per heavy atom. The highest BCUT2D eigenvalue weighted by atomic mass is 32.1. The van der Waals surface area contributed by atoms with Gasteiger partial charge in [0.15, 0.2) is 0 Å². The third-order valence-electron chi connectivity index (χ3n) is 3.64. The van der Waals surface area contributed by atoms with Crippen LogP contribution in [0.15, 0.2) is 0 Å². The Labute approximate surface area is 98.5 Å². The van der Waals surface area contributed by atoms with Crippen molar-refractivity contribution in [1.29, 1.82) is 0 Å². The van der Waals surface area contributed by atoms with Crippen molar-refractivity contribution in [1.82, 2.24) is 4.98 Å². The quantitative estimate of drug-likeness (QED) is 0.878. The van der Waals surface area contributed by atoms with E-state index in [9.17, 15) is 4.79 Å². The summed E-state index contributed by atoms with van der Waals surface area (Å²) in [4.78, 5) is 16.2. The van der Waals surface area contributed by atoms with Crippen molar-refractivity contribution in [2.45, 2.75) is 44.9 Å². The number of carboxylic acids is 1. The molecule has 0 saturated heterocycles. The van der Waals surface area contributed by atoms with Crippen molar-refractivity contribution >= 4 is 17.3 Å². The van der Waals surface area contributed by atoms with Crippen LogP contribution in [0.1, 0.15) is 65.3 Å². The molecule has 0 spiro atoms. The molecule has 0 aliphatic heterocycles. The molecule has 2 saturated carbocycles. The van der Waals surface area contributed by atoms with Crippen molar-refractivity contribution < 1.29 is 9.90 Å². The van der Waals surface area contributed by atoms with Gasteiger partial charge < -0.3 is 5.11 Å². The molecule has 1 aromatic rings. The zero-order valence-electron chi connectivity index (χ0n) is 9.49. The molecule has 1 aromatic heterocycles. The number of aromatic nitrogens is 1. The molecule has 3 nitrogen and oxygen atoms in total. The summed E-state index contributed by atoms with van der Waals surface area (Å²) in [5, 5.41) is 10.2. The van der Waals surface area contributed by atoms with Gasteiger partial charge in [0.2, 0.25) is 0 Å². The SMILES string of the molecule is CC1(C)CC1c1nc(C2CC2)c(C(=O)O)s1. The van der Waals surface area contributed by atoms with Crippen LogP contribution in [0.4, 0.5) is 0 Å². The largest absolute Gasteiger partial charge is 0.477 e. The van der Waals surface area contributed by atoms with Crippen LogP contribution >= 0.6 is 11.3 Å². The molecule has 2 aliphatic carbocycles. The summed E-state index contributed by atoms with van der Waals surface area (Å²) in [6.07, 6.45) is 3.36. The van der Waals surface area contributed by atoms with Gasteiger partial charge in [0, 0.05) is 11.8 Å². The topological polar surface area (TPSA) is 50.2 Å². The lowest BCUT2D eigenvalue weighted by Gasteiger charge is -1.97. The van der Waals surface area contributed by atoms with Gasteiger partial charge in [-0.15, -0.1) is 11.3 Å². The first kappa shape index (κ1) is 10.3. The minimum atomic E-state index is -0.802. The van der Waals surface area contributed by atoms with Gasteiger partial charge in [-0.05, 0) is 24.7 Å². The standard InChI is InChI=1S/C12H15NO2S/c1-12(2)5-7(12)10-13-8(6-3-4-6)9(16-10)11(14)15/h6-7H,3-5H2,1-2H3,(H,14,15). The van der Waals surface area contributed by atoms with Crippen LogP contribution in [0.5, 0.6) is 0 Å². The molecular weight excluding hydrogens is 222 g/mol. The maximum absolute atomic E-state index is 11.1. The highest BCUT2D eigenvalue weighted by molar-refractivity contribution is 7.13. The maximum Gasteiger partial charge on any atom is 0.347 e. The van der Waals surface area contributed by atoms with Gasteiger partial charge in [-0.1, -0.05) is 13.8 Å². The van der Waals surface area contributed by atoms with E-state index >= 15 is 0 Å². The average Bonchev–Trinajstić information content (AvgIpc) is 3.07. The molecule has 4 heteroatoms. The second kappa shape index (κ2) is 3.06. The molecule has 0 amide bonds. The smallest absolute Gasteiger partial charge is 0.347 e. The van der Waals surface area contributed by atoms with E-state index in [2.05, 4.69) is 18.8 Å². The van der Waals surface area contributed by atoms with Crippen LogP contribution in [-0.2, 0) is 0 Å². The molecule has 2 aliphatic rings. The molecule has 0 radical (unpaired) electrons. The van der Waals surface area contributed by atoms with Crippen molar-refractivity contribution in [3.8, 4) is 0 Å². The van der Waals surface area contributed by atoms with Gasteiger partial charge in [-0.25, -0.2) is 9.78 Å². The van der Waals surface area contributed by atoms with E-state index in [1.54, 1.807) is 0 Å². The van der Waals surface area contributed by atoms with E-state index < -0.39 is 5.97 Å². The van der Waals surface area contributed by atoms with Gasteiger partial charge in [-0.3, -0.25) is 0 Å². The van der Waals surface area contributed by atoms with Gasteiger partial charge in [0.25, 0.3) is 0 Å². The number of thiazole rings is 1. The summed E-state index contributed by atoms with van der Waals surface area (Å²) in [6, 6.07) is 0. The first-order valence-corrected chi connectivity index (χ1v) is 6.54. The molecule has 86 valence electrons. The van der Waals surface area contributed by atoms with Crippen LogP contribution in [0.2, 0.25) is 0 Å². The zero-order chi connectivity index (χ0) is 11.5. The molecule has 1 atom stereocenters. The Kier molecular flexibility index (Phi) is 1.97.